The molecule has 1 saturated heterocycles. The van der Waals surface area contributed by atoms with Gasteiger partial charge in [0.2, 0.25) is 0 Å². The van der Waals surface area contributed by atoms with E-state index in [2.05, 4.69) is 11.5 Å². The lowest BCUT2D eigenvalue weighted by Crippen LogP contribution is -2.40. The average molecular weight is 438 g/mol. The van der Waals surface area contributed by atoms with Crippen LogP contribution in [0.5, 0.6) is 0 Å². The lowest BCUT2D eigenvalue weighted by molar-refractivity contribution is 0.0843. The minimum absolute atomic E-state index is 0.0667. The van der Waals surface area contributed by atoms with E-state index in [1.807, 2.05) is 91.0 Å². The second-order valence-electron chi connectivity index (χ2n) is 8.81. The number of nitrogens with zero attached hydrogens (tertiary/aromatic N) is 1. The van der Waals surface area contributed by atoms with Gasteiger partial charge in [-0.15, -0.1) is 0 Å². The molecule has 4 rings (SSSR count). The number of Topliss-reactive ketones (excluding diaryl/α,β-unsaturated/α-hetero) is 2. The molecule has 168 valence electrons. The maximum Gasteiger partial charge on any atom is 0.189 e. The Kier molecular flexibility index (Phi) is 7.64. The van der Waals surface area contributed by atoms with Gasteiger partial charge in [0.15, 0.2) is 11.6 Å². The molecule has 0 aromatic heterocycles. The summed E-state index contributed by atoms with van der Waals surface area (Å²) in [6, 6.07) is 28.6. The van der Waals surface area contributed by atoms with E-state index in [1.54, 1.807) is 0 Å². The number of carbonyl (C=O) groups is 2. The summed E-state index contributed by atoms with van der Waals surface area (Å²) in [4.78, 5) is 29.8. The fourth-order valence-corrected chi connectivity index (χ4v) is 4.83. The largest absolute Gasteiger partial charge is 0.303 e. The van der Waals surface area contributed by atoms with Crippen molar-refractivity contribution >= 4 is 11.6 Å². The van der Waals surface area contributed by atoms with Crippen molar-refractivity contribution in [2.45, 2.75) is 25.2 Å². The highest BCUT2D eigenvalue weighted by molar-refractivity contribution is 6.10. The van der Waals surface area contributed by atoms with Crippen LogP contribution in [0, 0.1) is 5.92 Å². The van der Waals surface area contributed by atoms with Gasteiger partial charge >= 0.3 is 0 Å². The smallest absolute Gasteiger partial charge is 0.189 e. The quantitative estimate of drug-likeness (QED) is 0.296. The van der Waals surface area contributed by atoms with Crippen LogP contribution in [-0.2, 0) is 0 Å². The van der Waals surface area contributed by atoms with Crippen LogP contribution in [0.1, 0.15) is 51.5 Å². The van der Waals surface area contributed by atoms with Gasteiger partial charge in [-0.05, 0) is 31.5 Å². The third kappa shape index (κ3) is 5.55. The van der Waals surface area contributed by atoms with Crippen LogP contribution in [0.4, 0.5) is 0 Å². The summed E-state index contributed by atoms with van der Waals surface area (Å²) in [7, 11) is 0. The zero-order chi connectivity index (χ0) is 23.0. The Morgan fingerprint density at radius 3 is 1.82 bits per heavy atom. The van der Waals surface area contributed by atoms with E-state index in [1.165, 1.54) is 6.42 Å². The molecule has 0 spiro atoms. The molecule has 2 atom stereocenters. The first kappa shape index (κ1) is 22.9. The highest BCUT2D eigenvalue weighted by atomic mass is 16.1. The molecule has 3 aromatic carbocycles. The molecule has 3 aromatic rings. The Balaban J connectivity index is 1.75. The molecule has 0 radical (unpaired) electrons. The lowest BCUT2D eigenvalue weighted by atomic mass is 9.75. The van der Waals surface area contributed by atoms with Crippen LogP contribution < -0.4 is 0 Å². The summed E-state index contributed by atoms with van der Waals surface area (Å²) in [5.41, 5.74) is 2.71. The lowest BCUT2D eigenvalue weighted by Gasteiger charge is -2.34. The molecule has 3 heteroatoms. The minimum Gasteiger partial charge on any atom is -0.303 e. The van der Waals surface area contributed by atoms with Gasteiger partial charge in [0.05, 0.1) is 0 Å². The van der Waals surface area contributed by atoms with Gasteiger partial charge in [0.1, 0.15) is 0 Å². The highest BCUT2D eigenvalue weighted by Crippen LogP contribution is 2.36. The monoisotopic (exact) mass is 437 g/mol. The van der Waals surface area contributed by atoms with Crippen LogP contribution >= 0.6 is 0 Å². The van der Waals surface area contributed by atoms with E-state index in [9.17, 15) is 9.59 Å². The number of carbonyl (C=O) groups excluding carboxylic acids is 2. The van der Waals surface area contributed by atoms with Gasteiger partial charge in [-0.2, -0.15) is 0 Å². The zero-order valence-corrected chi connectivity index (χ0v) is 19.0. The average Bonchev–Trinajstić information content (AvgIpc) is 2.89. The molecule has 1 aliphatic rings. The summed E-state index contributed by atoms with van der Waals surface area (Å²) in [5, 5.41) is 0. The number of hydrogen-bond acceptors (Lipinski definition) is 3. The number of benzene rings is 3. The van der Waals surface area contributed by atoms with E-state index < -0.39 is 11.8 Å². The third-order valence-electron chi connectivity index (χ3n) is 6.56. The molecule has 0 saturated carbocycles. The number of piperidine rings is 1. The van der Waals surface area contributed by atoms with E-state index >= 15 is 0 Å². The van der Waals surface area contributed by atoms with Crippen LogP contribution in [-0.4, -0.2) is 36.1 Å². The minimum atomic E-state index is -0.395. The van der Waals surface area contributed by atoms with Gasteiger partial charge in [0.25, 0.3) is 0 Å². The molecule has 0 bridgehead atoms. The predicted octanol–water partition coefficient (Wildman–Crippen LogP) is 6.19. The highest BCUT2D eigenvalue weighted by Gasteiger charge is 2.36. The van der Waals surface area contributed by atoms with Crippen molar-refractivity contribution in [3.8, 4) is 0 Å². The van der Waals surface area contributed by atoms with Crippen molar-refractivity contribution in [1.82, 2.24) is 4.90 Å². The normalized spacial score (nSPS) is 16.0. The van der Waals surface area contributed by atoms with Crippen LogP contribution in [0.15, 0.2) is 103 Å². The summed E-state index contributed by atoms with van der Waals surface area (Å²) >= 11 is 0. The first-order valence-corrected chi connectivity index (χ1v) is 11.8. The van der Waals surface area contributed by atoms with Gasteiger partial charge in [-0.1, -0.05) is 104 Å². The summed E-state index contributed by atoms with van der Waals surface area (Å²) in [6.07, 6.45) is 3.52. The second-order valence-corrected chi connectivity index (χ2v) is 8.81. The topological polar surface area (TPSA) is 37.4 Å². The summed E-state index contributed by atoms with van der Waals surface area (Å²) in [6.45, 7) is 6.87. The van der Waals surface area contributed by atoms with Crippen LogP contribution in [0.3, 0.4) is 0 Å². The first-order valence-electron chi connectivity index (χ1n) is 11.8. The fraction of sp³-hybridized carbons (Fsp3) is 0.267. The van der Waals surface area contributed by atoms with E-state index in [0.717, 1.165) is 31.5 Å². The number of ketones is 2. The van der Waals surface area contributed by atoms with Gasteiger partial charge in [-0.3, -0.25) is 9.59 Å². The SMILES string of the molecule is C=C(C(=O)c1ccccc1)C(c1ccccc1)C(CN1CCCCC1)C(=O)c1ccccc1. The molecular weight excluding hydrogens is 406 g/mol. The Bertz CT molecular complexity index is 1070. The number of allylic oxidation sites excluding steroid dienone is 1. The van der Waals surface area contributed by atoms with Crippen molar-refractivity contribution < 1.29 is 9.59 Å². The molecule has 33 heavy (non-hydrogen) atoms. The molecule has 1 fully saturated rings. The molecule has 0 aliphatic carbocycles. The number of hydrogen-bond donors (Lipinski definition) is 0. The van der Waals surface area contributed by atoms with Crippen LogP contribution in [0.25, 0.3) is 0 Å². The van der Waals surface area contributed by atoms with Crippen molar-refractivity contribution in [2.75, 3.05) is 19.6 Å². The Labute approximate surface area is 196 Å². The van der Waals surface area contributed by atoms with E-state index in [4.69, 9.17) is 0 Å². The van der Waals surface area contributed by atoms with Crippen LogP contribution in [0.2, 0.25) is 0 Å². The zero-order valence-electron chi connectivity index (χ0n) is 19.0. The van der Waals surface area contributed by atoms with Gasteiger partial charge in [-0.25, -0.2) is 0 Å². The van der Waals surface area contributed by atoms with Crippen molar-refractivity contribution in [3.63, 3.8) is 0 Å². The van der Waals surface area contributed by atoms with Crippen molar-refractivity contribution in [1.29, 1.82) is 0 Å². The maximum absolute atomic E-state index is 13.9. The van der Waals surface area contributed by atoms with Crippen molar-refractivity contribution in [3.05, 3.63) is 120 Å². The van der Waals surface area contributed by atoms with E-state index in [0.29, 0.717) is 23.2 Å². The standard InChI is InChI=1S/C30H31NO2/c1-23(29(32)25-16-8-3-9-17-25)28(24-14-6-2-7-15-24)27(22-31-20-12-5-13-21-31)30(33)26-18-10-4-11-19-26/h2-4,6-11,14-19,27-28H,1,5,12-13,20-22H2. The third-order valence-corrected chi connectivity index (χ3v) is 6.56. The number of rotatable bonds is 9. The van der Waals surface area contributed by atoms with Gasteiger partial charge in [0, 0.05) is 35.1 Å². The molecule has 3 nitrogen and oxygen atoms in total. The molecule has 1 aliphatic heterocycles. The predicted molar refractivity (Wildman–Crippen MR) is 134 cm³/mol. The molecule has 1 heterocycles. The Hall–Kier alpha value is -3.30. The first-order chi connectivity index (χ1) is 16.1. The van der Waals surface area contributed by atoms with E-state index in [-0.39, 0.29) is 11.6 Å². The molecule has 0 N–H and O–H groups in total. The van der Waals surface area contributed by atoms with Gasteiger partial charge < -0.3 is 4.90 Å². The summed E-state index contributed by atoms with van der Waals surface area (Å²) < 4.78 is 0. The molecular formula is C30H31NO2. The summed E-state index contributed by atoms with van der Waals surface area (Å²) in [5.74, 6) is -0.826. The van der Waals surface area contributed by atoms with Crippen molar-refractivity contribution in [2.24, 2.45) is 5.92 Å². The second kappa shape index (κ2) is 11.0. The molecule has 0 amide bonds. The Morgan fingerprint density at radius 2 is 1.24 bits per heavy atom. The fourth-order valence-electron chi connectivity index (χ4n) is 4.83. The molecule has 2 unspecified atom stereocenters. The maximum atomic E-state index is 13.9. The number of likely N-dealkylation sites (tertiary alicyclic amines) is 1. The Morgan fingerprint density at radius 1 is 0.727 bits per heavy atom.